The molecule has 19 heavy (non-hydrogen) atoms. The molecule has 5 nitrogen and oxygen atoms in total. The Kier molecular flexibility index (Phi) is 5.06. The molecule has 0 atom stereocenters. The van der Waals surface area contributed by atoms with E-state index in [0.29, 0.717) is 0 Å². The summed E-state index contributed by atoms with van der Waals surface area (Å²) in [6, 6.07) is 2.38. The van der Waals surface area contributed by atoms with Crippen molar-refractivity contribution in [1.82, 2.24) is 0 Å². The highest BCUT2D eigenvalue weighted by atomic mass is 35.5. The number of hydrogen-bond acceptors (Lipinski definition) is 4. The normalized spacial score (nSPS) is 11.2. The van der Waals surface area contributed by atoms with Gasteiger partial charge in [0, 0.05) is 10.8 Å². The van der Waals surface area contributed by atoms with E-state index in [9.17, 15) is 14.9 Å². The number of rotatable bonds is 2. The number of carbonyl (C=O) groups excluding carboxylic acids is 1. The van der Waals surface area contributed by atoms with Crippen molar-refractivity contribution >= 4 is 51.6 Å². The second-order valence-corrected chi connectivity index (χ2v) is 7.28. The molecule has 0 aliphatic heterocycles. The van der Waals surface area contributed by atoms with E-state index < -0.39 is 4.92 Å². The summed E-state index contributed by atoms with van der Waals surface area (Å²) < 4.78 is -0.249. The Labute approximate surface area is 124 Å². The van der Waals surface area contributed by atoms with Gasteiger partial charge in [0.1, 0.15) is 5.02 Å². The first-order valence-corrected chi connectivity index (χ1v) is 6.81. The zero-order valence-electron chi connectivity index (χ0n) is 10.5. The minimum Gasteiger partial charge on any atom is -0.315 e. The van der Waals surface area contributed by atoms with Crippen molar-refractivity contribution in [3.8, 4) is 0 Å². The molecule has 0 aliphatic carbocycles. The van der Waals surface area contributed by atoms with Crippen molar-refractivity contribution in [3.63, 3.8) is 0 Å². The molecule has 8 heteroatoms. The number of thioether (sulfide) groups is 1. The molecule has 1 aromatic carbocycles. The number of carbonyl (C=O) groups is 1. The molecule has 0 bridgehead atoms. The number of nitro groups is 1. The quantitative estimate of drug-likeness (QED) is 0.616. The van der Waals surface area contributed by atoms with Crippen LogP contribution in [-0.4, -0.2) is 14.9 Å². The lowest BCUT2D eigenvalue weighted by Gasteiger charge is -2.16. The van der Waals surface area contributed by atoms with Gasteiger partial charge < -0.3 is 5.32 Å². The number of amides is 1. The van der Waals surface area contributed by atoms with Crippen molar-refractivity contribution in [2.45, 2.75) is 25.5 Å². The van der Waals surface area contributed by atoms with Crippen LogP contribution in [0, 0.1) is 10.1 Å². The van der Waals surface area contributed by atoms with Crippen LogP contribution in [0.2, 0.25) is 10.0 Å². The van der Waals surface area contributed by atoms with Crippen molar-refractivity contribution < 1.29 is 9.72 Å². The zero-order chi connectivity index (χ0) is 14.8. The molecule has 0 saturated heterocycles. The molecule has 0 spiro atoms. The van der Waals surface area contributed by atoms with Gasteiger partial charge in [0.15, 0.2) is 0 Å². The smallest absolute Gasteiger partial charge is 0.289 e. The molecule has 0 aromatic heterocycles. The van der Waals surface area contributed by atoms with Gasteiger partial charge in [-0.05, 0) is 6.07 Å². The number of halogens is 2. The lowest BCUT2D eigenvalue weighted by Crippen LogP contribution is -2.16. The van der Waals surface area contributed by atoms with Crippen molar-refractivity contribution in [2.24, 2.45) is 0 Å². The molecular weight excluding hydrogens is 311 g/mol. The second kappa shape index (κ2) is 5.98. The lowest BCUT2D eigenvalue weighted by molar-refractivity contribution is -0.384. The Morgan fingerprint density at radius 1 is 1.32 bits per heavy atom. The maximum atomic E-state index is 11.7. The summed E-state index contributed by atoms with van der Waals surface area (Å²) in [6.45, 7) is 5.67. The SMILES string of the molecule is CC(C)(C)SC(=O)Nc1cc(Cl)c([N+](=O)[O-])cc1Cl. The minimum absolute atomic E-state index is 0.0685. The Morgan fingerprint density at radius 3 is 2.37 bits per heavy atom. The number of nitrogens with one attached hydrogen (secondary N) is 1. The van der Waals surface area contributed by atoms with Crippen molar-refractivity contribution in [1.29, 1.82) is 0 Å². The molecule has 0 radical (unpaired) electrons. The van der Waals surface area contributed by atoms with Gasteiger partial charge in [0.05, 0.1) is 15.6 Å². The monoisotopic (exact) mass is 322 g/mol. The van der Waals surface area contributed by atoms with Crippen LogP contribution in [0.1, 0.15) is 20.8 Å². The molecule has 104 valence electrons. The molecule has 1 rings (SSSR count). The third kappa shape index (κ3) is 4.89. The van der Waals surface area contributed by atoms with Crippen LogP contribution in [0.4, 0.5) is 16.2 Å². The highest BCUT2D eigenvalue weighted by Gasteiger charge is 2.20. The lowest BCUT2D eigenvalue weighted by atomic mass is 10.3. The fourth-order valence-corrected chi connectivity index (χ4v) is 2.34. The van der Waals surface area contributed by atoms with Crippen LogP contribution >= 0.6 is 35.0 Å². The summed E-state index contributed by atoms with van der Waals surface area (Å²) >= 11 is 12.7. The van der Waals surface area contributed by atoms with Crippen LogP contribution < -0.4 is 5.32 Å². The minimum atomic E-state index is -0.635. The predicted molar refractivity (Wildman–Crippen MR) is 79.5 cm³/mol. The van der Waals surface area contributed by atoms with E-state index in [1.807, 2.05) is 20.8 Å². The van der Waals surface area contributed by atoms with Crippen LogP contribution in [0.5, 0.6) is 0 Å². The molecule has 1 amide bonds. The number of nitro benzene ring substituents is 1. The topological polar surface area (TPSA) is 72.2 Å². The van der Waals surface area contributed by atoms with Gasteiger partial charge in [-0.2, -0.15) is 0 Å². The fraction of sp³-hybridized carbons (Fsp3) is 0.364. The number of anilines is 1. The molecule has 0 aliphatic rings. The number of hydrogen-bond donors (Lipinski definition) is 1. The average Bonchev–Trinajstić information content (AvgIpc) is 2.19. The fourth-order valence-electron chi connectivity index (χ4n) is 1.19. The van der Waals surface area contributed by atoms with Crippen molar-refractivity contribution in [2.75, 3.05) is 5.32 Å². The summed E-state index contributed by atoms with van der Waals surface area (Å²) in [5.74, 6) is 0. The molecule has 1 aromatic rings. The number of benzene rings is 1. The van der Waals surface area contributed by atoms with Crippen LogP contribution in [0.25, 0.3) is 0 Å². The predicted octanol–water partition coefficient (Wildman–Crippen LogP) is 4.97. The van der Waals surface area contributed by atoms with Gasteiger partial charge in [0.2, 0.25) is 0 Å². The highest BCUT2D eigenvalue weighted by molar-refractivity contribution is 8.15. The summed E-state index contributed by atoms with van der Waals surface area (Å²) in [4.78, 5) is 21.8. The zero-order valence-corrected chi connectivity index (χ0v) is 12.8. The van der Waals surface area contributed by atoms with E-state index in [4.69, 9.17) is 23.2 Å². The third-order valence-corrected chi connectivity index (χ3v) is 3.38. The first kappa shape index (κ1) is 16.1. The van der Waals surface area contributed by atoms with Gasteiger partial charge >= 0.3 is 0 Å². The van der Waals surface area contributed by atoms with Gasteiger partial charge in [-0.15, -0.1) is 0 Å². The van der Waals surface area contributed by atoms with Gasteiger partial charge in [-0.25, -0.2) is 0 Å². The van der Waals surface area contributed by atoms with Crippen molar-refractivity contribution in [3.05, 3.63) is 32.3 Å². The molecule has 0 fully saturated rings. The Bertz CT molecular complexity index is 529. The Hall–Kier alpha value is -0.980. The van der Waals surface area contributed by atoms with Crippen LogP contribution in [0.15, 0.2) is 12.1 Å². The molecule has 0 heterocycles. The van der Waals surface area contributed by atoms with Crippen LogP contribution in [-0.2, 0) is 0 Å². The van der Waals surface area contributed by atoms with E-state index in [0.717, 1.165) is 17.8 Å². The molecule has 0 saturated carbocycles. The summed E-state index contributed by atoms with van der Waals surface area (Å²) in [5, 5.41) is 12.9. The number of nitrogens with zero attached hydrogens (tertiary/aromatic N) is 1. The highest BCUT2D eigenvalue weighted by Crippen LogP contribution is 2.35. The molecule has 0 unspecified atom stereocenters. The Morgan fingerprint density at radius 2 is 1.89 bits per heavy atom. The maximum Gasteiger partial charge on any atom is 0.289 e. The van der Waals surface area contributed by atoms with E-state index in [2.05, 4.69) is 5.32 Å². The average molecular weight is 323 g/mol. The Balaban J connectivity index is 2.95. The maximum absolute atomic E-state index is 11.7. The van der Waals surface area contributed by atoms with Gasteiger partial charge in [0.25, 0.3) is 10.9 Å². The summed E-state index contributed by atoms with van der Waals surface area (Å²) in [5.41, 5.74) is -0.0489. The second-order valence-electron chi connectivity index (χ2n) is 4.67. The van der Waals surface area contributed by atoms with Crippen LogP contribution in [0.3, 0.4) is 0 Å². The van der Waals surface area contributed by atoms with E-state index in [1.54, 1.807) is 0 Å². The van der Waals surface area contributed by atoms with E-state index in [1.165, 1.54) is 6.07 Å². The molecular formula is C11H12Cl2N2O3S. The first-order chi connectivity index (χ1) is 8.60. The first-order valence-electron chi connectivity index (χ1n) is 5.23. The van der Waals surface area contributed by atoms with Gasteiger partial charge in [-0.3, -0.25) is 14.9 Å². The largest absolute Gasteiger partial charge is 0.315 e. The summed E-state index contributed by atoms with van der Waals surface area (Å²) in [7, 11) is 0. The van der Waals surface area contributed by atoms with E-state index >= 15 is 0 Å². The molecule has 1 N–H and O–H groups in total. The third-order valence-electron chi connectivity index (χ3n) is 1.87. The summed E-state index contributed by atoms with van der Waals surface area (Å²) in [6.07, 6.45) is 0. The van der Waals surface area contributed by atoms with Gasteiger partial charge in [-0.1, -0.05) is 55.7 Å². The standard InChI is InChI=1S/C11H12Cl2N2O3S/c1-11(2,3)19-10(16)14-8-4-7(13)9(15(17)18)5-6(8)12/h4-5H,1-3H3,(H,14,16). The van der Waals surface area contributed by atoms with E-state index in [-0.39, 0.29) is 31.4 Å².